The molecule has 0 saturated heterocycles. The van der Waals surface area contributed by atoms with E-state index in [2.05, 4.69) is 4.74 Å². The maximum Gasteiger partial charge on any atom is 0.432 e. The Morgan fingerprint density at radius 1 is 0.585 bits per heavy atom. The highest BCUT2D eigenvalue weighted by atomic mass is 19.3. The van der Waals surface area contributed by atoms with E-state index in [0.717, 1.165) is 24.5 Å². The summed E-state index contributed by atoms with van der Waals surface area (Å²) < 4.78 is 117. The Hall–Kier alpha value is -3.88. The minimum Gasteiger partial charge on any atom is -0.429 e. The maximum atomic E-state index is 14.9. The Morgan fingerprint density at radius 2 is 1.07 bits per heavy atom. The molecule has 0 spiro atoms. The second kappa shape index (κ2) is 14.7. The van der Waals surface area contributed by atoms with Gasteiger partial charge in [-0.15, -0.1) is 0 Å². The molecule has 4 aromatic carbocycles. The third-order valence-electron chi connectivity index (χ3n) is 5.64. The average molecular weight is 583 g/mol. The molecule has 220 valence electrons. The molecule has 1 nitrogen and oxygen atoms in total. The summed E-state index contributed by atoms with van der Waals surface area (Å²) in [5, 5.41) is 0. The van der Waals surface area contributed by atoms with E-state index in [1.807, 2.05) is 58.9 Å². The minimum atomic E-state index is -4.74. The molecule has 0 radical (unpaired) electrons. The third kappa shape index (κ3) is 7.86. The molecule has 0 aliphatic heterocycles. The summed E-state index contributed by atoms with van der Waals surface area (Å²) in [7, 11) is 0. The predicted octanol–water partition coefficient (Wildman–Crippen LogP) is 11.0. The van der Waals surface area contributed by atoms with Crippen LogP contribution in [0, 0.1) is 34.9 Å². The molecular weight excluding hydrogens is 552 g/mol. The van der Waals surface area contributed by atoms with Crippen molar-refractivity contribution in [2.75, 3.05) is 0 Å². The van der Waals surface area contributed by atoms with Gasteiger partial charge in [-0.05, 0) is 46.9 Å². The maximum absolute atomic E-state index is 14.9. The molecule has 0 fully saturated rings. The van der Waals surface area contributed by atoms with Crippen LogP contribution in [0.15, 0.2) is 66.7 Å². The van der Waals surface area contributed by atoms with Crippen molar-refractivity contribution in [3.8, 4) is 28.0 Å². The summed E-state index contributed by atoms with van der Waals surface area (Å²) in [5.41, 5.74) is -0.155. The monoisotopic (exact) mass is 582 g/mol. The standard InChI is InChI=1S/C28H18F8O.2C2H6/c1-2-3-15-4-6-16(7-5-15)17-8-9-20(21(29)10-17)18-11-22(30)26(23(31)12-18)28(35,36)37-19-13-24(32)27(34)25(33)14-19;2*1-2/h4-14H,2-3H2,1H3;2*1-2H3. The van der Waals surface area contributed by atoms with Crippen molar-refractivity contribution in [3.05, 3.63) is 113 Å². The Bertz CT molecular complexity index is 1400. The number of hydrogen-bond donors (Lipinski definition) is 0. The van der Waals surface area contributed by atoms with E-state index < -0.39 is 52.3 Å². The zero-order chi connectivity index (χ0) is 30.9. The van der Waals surface area contributed by atoms with Crippen LogP contribution in [0.4, 0.5) is 35.1 Å². The molecule has 0 heterocycles. The van der Waals surface area contributed by atoms with Crippen molar-refractivity contribution in [2.24, 2.45) is 0 Å². The van der Waals surface area contributed by atoms with Crippen LogP contribution < -0.4 is 4.74 Å². The average Bonchev–Trinajstić information content (AvgIpc) is 2.93. The van der Waals surface area contributed by atoms with E-state index in [1.54, 1.807) is 0 Å². The first-order valence-corrected chi connectivity index (χ1v) is 13.1. The molecule has 0 atom stereocenters. The fraction of sp³-hybridized carbons (Fsp3) is 0.250. The Labute approximate surface area is 234 Å². The first-order chi connectivity index (χ1) is 19.5. The largest absolute Gasteiger partial charge is 0.432 e. The Balaban J connectivity index is 0.00000141. The van der Waals surface area contributed by atoms with Crippen molar-refractivity contribution >= 4 is 0 Å². The summed E-state index contributed by atoms with van der Waals surface area (Å²) in [4.78, 5) is 0. The van der Waals surface area contributed by atoms with Crippen LogP contribution >= 0.6 is 0 Å². The highest BCUT2D eigenvalue weighted by molar-refractivity contribution is 5.71. The van der Waals surface area contributed by atoms with Crippen LogP contribution in [0.3, 0.4) is 0 Å². The van der Waals surface area contributed by atoms with Crippen molar-refractivity contribution < 1.29 is 39.9 Å². The van der Waals surface area contributed by atoms with E-state index in [-0.39, 0.29) is 23.3 Å². The van der Waals surface area contributed by atoms with E-state index in [4.69, 9.17) is 0 Å². The fourth-order valence-corrected chi connectivity index (χ4v) is 3.88. The molecule has 0 aromatic heterocycles. The molecule has 0 saturated carbocycles. The molecule has 0 aliphatic rings. The summed E-state index contributed by atoms with van der Waals surface area (Å²) in [5.74, 6) is -11.2. The third-order valence-corrected chi connectivity index (χ3v) is 5.64. The molecule has 0 unspecified atom stereocenters. The van der Waals surface area contributed by atoms with E-state index in [9.17, 15) is 35.1 Å². The summed E-state index contributed by atoms with van der Waals surface area (Å²) >= 11 is 0. The van der Waals surface area contributed by atoms with Crippen LogP contribution in [-0.2, 0) is 12.5 Å². The van der Waals surface area contributed by atoms with E-state index >= 15 is 0 Å². The second-order valence-corrected chi connectivity index (χ2v) is 8.28. The summed E-state index contributed by atoms with van der Waals surface area (Å²) in [6.07, 6.45) is -2.88. The number of aryl methyl sites for hydroxylation is 1. The van der Waals surface area contributed by atoms with Gasteiger partial charge in [-0.25, -0.2) is 26.3 Å². The van der Waals surface area contributed by atoms with Crippen LogP contribution in [0.1, 0.15) is 52.2 Å². The molecular formula is C32H30F8O. The van der Waals surface area contributed by atoms with Crippen molar-refractivity contribution in [1.29, 1.82) is 0 Å². The molecule has 0 aliphatic carbocycles. The minimum absolute atomic E-state index is 0.102. The van der Waals surface area contributed by atoms with Gasteiger partial charge in [0, 0.05) is 17.7 Å². The normalized spacial score (nSPS) is 10.8. The number of halogens is 8. The lowest BCUT2D eigenvalue weighted by molar-refractivity contribution is -0.189. The van der Waals surface area contributed by atoms with Crippen molar-refractivity contribution in [1.82, 2.24) is 0 Å². The van der Waals surface area contributed by atoms with Gasteiger partial charge < -0.3 is 4.74 Å². The SMILES string of the molecule is CC.CC.CCCc1ccc(-c2ccc(-c3cc(F)c(C(F)(F)Oc4cc(F)c(F)c(F)c4)c(F)c3)c(F)c2)cc1. The number of hydrogen-bond acceptors (Lipinski definition) is 1. The first kappa shape index (κ1) is 33.3. The quantitative estimate of drug-likeness (QED) is 0.156. The van der Waals surface area contributed by atoms with Gasteiger partial charge in [-0.3, -0.25) is 0 Å². The second-order valence-electron chi connectivity index (χ2n) is 8.28. The van der Waals surface area contributed by atoms with Gasteiger partial charge in [0.1, 0.15) is 28.8 Å². The summed E-state index contributed by atoms with van der Waals surface area (Å²) in [6.45, 7) is 10.0. The van der Waals surface area contributed by atoms with Gasteiger partial charge in [-0.2, -0.15) is 8.78 Å². The number of rotatable bonds is 7. The van der Waals surface area contributed by atoms with Crippen LogP contribution in [-0.4, -0.2) is 0 Å². The van der Waals surface area contributed by atoms with Crippen molar-refractivity contribution in [3.63, 3.8) is 0 Å². The number of alkyl halides is 2. The van der Waals surface area contributed by atoms with Crippen molar-refractivity contribution in [2.45, 2.75) is 53.6 Å². The highest BCUT2D eigenvalue weighted by Gasteiger charge is 2.41. The van der Waals surface area contributed by atoms with Crippen LogP contribution in [0.5, 0.6) is 5.75 Å². The lowest BCUT2D eigenvalue weighted by Crippen LogP contribution is -2.25. The molecule has 41 heavy (non-hydrogen) atoms. The zero-order valence-electron chi connectivity index (χ0n) is 23.2. The van der Waals surface area contributed by atoms with E-state index in [0.29, 0.717) is 23.3 Å². The number of benzene rings is 4. The lowest BCUT2D eigenvalue weighted by Gasteiger charge is -2.20. The van der Waals surface area contributed by atoms with E-state index in [1.165, 1.54) is 12.1 Å². The predicted molar refractivity (Wildman–Crippen MR) is 145 cm³/mol. The highest BCUT2D eigenvalue weighted by Crippen LogP contribution is 2.38. The fourth-order valence-electron chi connectivity index (χ4n) is 3.88. The molecule has 4 aromatic rings. The smallest absolute Gasteiger partial charge is 0.429 e. The van der Waals surface area contributed by atoms with Gasteiger partial charge in [-0.1, -0.05) is 77.4 Å². The molecule has 0 amide bonds. The Kier molecular flexibility index (Phi) is 11.9. The van der Waals surface area contributed by atoms with Gasteiger partial charge in [0.15, 0.2) is 17.5 Å². The number of ether oxygens (including phenoxy) is 1. The van der Waals surface area contributed by atoms with Gasteiger partial charge in [0.25, 0.3) is 0 Å². The summed E-state index contributed by atoms with van der Waals surface area (Å²) in [6, 6.07) is 12.6. The molecule has 0 N–H and O–H groups in total. The topological polar surface area (TPSA) is 9.23 Å². The molecule has 4 rings (SSSR count). The lowest BCUT2D eigenvalue weighted by atomic mass is 9.97. The van der Waals surface area contributed by atoms with Gasteiger partial charge in [0.05, 0.1) is 0 Å². The molecule has 0 bridgehead atoms. The zero-order valence-corrected chi connectivity index (χ0v) is 23.2. The van der Waals surface area contributed by atoms with Gasteiger partial charge >= 0.3 is 6.11 Å². The Morgan fingerprint density at radius 3 is 1.56 bits per heavy atom. The van der Waals surface area contributed by atoms with Crippen LogP contribution in [0.25, 0.3) is 22.3 Å². The van der Waals surface area contributed by atoms with Gasteiger partial charge in [0.2, 0.25) is 0 Å². The first-order valence-electron chi connectivity index (χ1n) is 13.1. The molecule has 9 heteroatoms. The van der Waals surface area contributed by atoms with Crippen LogP contribution in [0.2, 0.25) is 0 Å².